The smallest absolute Gasteiger partial charge is 0.256 e. The van der Waals surface area contributed by atoms with Crippen molar-refractivity contribution >= 4 is 23.1 Å². The molecule has 2 unspecified atom stereocenters. The summed E-state index contributed by atoms with van der Waals surface area (Å²) in [6.45, 7) is 2.00. The molecule has 2 aromatic rings. The summed E-state index contributed by atoms with van der Waals surface area (Å²) in [6, 6.07) is 2.16. The molecule has 0 spiro atoms. The number of nitrogens with two attached hydrogens (primary N) is 1. The average molecular weight is 240 g/mol. The summed E-state index contributed by atoms with van der Waals surface area (Å²) in [5.74, 6) is 0. The molecule has 15 heavy (non-hydrogen) atoms. The van der Waals surface area contributed by atoms with Crippen molar-refractivity contribution in [2.75, 3.05) is 0 Å². The molecule has 0 amide bonds. The Balaban J connectivity index is 2.14. The van der Waals surface area contributed by atoms with Crippen LogP contribution in [0.25, 0.3) is 0 Å². The minimum atomic E-state index is 0.0662. The van der Waals surface area contributed by atoms with Gasteiger partial charge in [-0.05, 0) is 29.3 Å². The number of hydrogen-bond acceptors (Lipinski definition) is 5. The molecule has 0 fully saturated rings. The van der Waals surface area contributed by atoms with Crippen molar-refractivity contribution in [3.63, 3.8) is 0 Å². The van der Waals surface area contributed by atoms with Gasteiger partial charge in [0.15, 0.2) is 0 Å². The first-order valence-corrected chi connectivity index (χ1v) is 6.43. The lowest BCUT2D eigenvalue weighted by molar-refractivity contribution is 0.452. The molecule has 0 aliphatic carbocycles. The third-order valence-corrected chi connectivity index (χ3v) is 4.05. The average Bonchev–Trinajstić information content (AvgIpc) is 2.87. The molecule has 2 rings (SSSR count). The Hall–Kier alpha value is -0.780. The number of oxazole rings is 1. The quantitative estimate of drug-likeness (QED) is 0.835. The van der Waals surface area contributed by atoms with E-state index < -0.39 is 0 Å². The van der Waals surface area contributed by atoms with Crippen LogP contribution >= 0.6 is 23.1 Å². The number of rotatable bonds is 4. The number of thioether (sulfide) groups is 1. The Morgan fingerprint density at radius 3 is 3.00 bits per heavy atom. The van der Waals surface area contributed by atoms with Gasteiger partial charge in [-0.15, -0.1) is 0 Å². The predicted molar refractivity (Wildman–Crippen MR) is 63.1 cm³/mol. The van der Waals surface area contributed by atoms with Crippen molar-refractivity contribution in [3.05, 3.63) is 34.8 Å². The molecule has 0 saturated carbocycles. The lowest BCUT2D eigenvalue weighted by Gasteiger charge is -2.17. The first-order chi connectivity index (χ1) is 7.27. The molecular formula is C10H12N2OS2. The molecule has 3 nitrogen and oxygen atoms in total. The molecule has 0 aromatic carbocycles. The van der Waals surface area contributed by atoms with Crippen LogP contribution < -0.4 is 5.73 Å². The van der Waals surface area contributed by atoms with E-state index in [2.05, 4.69) is 21.8 Å². The lowest BCUT2D eigenvalue weighted by atomic mass is 10.1. The van der Waals surface area contributed by atoms with E-state index in [1.54, 1.807) is 35.6 Å². The first-order valence-electron chi connectivity index (χ1n) is 4.61. The van der Waals surface area contributed by atoms with Crippen LogP contribution in [0.4, 0.5) is 0 Å². The third-order valence-electron chi connectivity index (χ3n) is 1.99. The highest BCUT2D eigenvalue weighted by Gasteiger charge is 2.20. The summed E-state index contributed by atoms with van der Waals surface area (Å²) in [5, 5.41) is 5.04. The molecule has 5 heteroatoms. The normalized spacial score (nSPS) is 15.1. The van der Waals surface area contributed by atoms with E-state index >= 15 is 0 Å². The standard InChI is InChI=1S/C10H12N2OS2/c1-7(11)9(8-2-5-14-6-8)15-10-12-3-4-13-10/h2-7,9H,11H2,1H3. The predicted octanol–water partition coefficient (Wildman–Crippen LogP) is 2.92. The largest absolute Gasteiger partial charge is 0.440 e. The van der Waals surface area contributed by atoms with Crippen molar-refractivity contribution in [1.82, 2.24) is 4.98 Å². The van der Waals surface area contributed by atoms with E-state index in [0.29, 0.717) is 5.22 Å². The van der Waals surface area contributed by atoms with Crippen molar-refractivity contribution in [1.29, 1.82) is 0 Å². The Morgan fingerprint density at radius 2 is 2.47 bits per heavy atom. The molecular weight excluding hydrogens is 228 g/mol. The molecule has 0 saturated heterocycles. The van der Waals surface area contributed by atoms with E-state index in [-0.39, 0.29) is 11.3 Å². The van der Waals surface area contributed by atoms with Gasteiger partial charge in [0.1, 0.15) is 6.26 Å². The number of aromatic nitrogens is 1. The maximum Gasteiger partial charge on any atom is 0.256 e. The molecule has 0 bridgehead atoms. The molecule has 80 valence electrons. The van der Waals surface area contributed by atoms with Crippen LogP contribution in [0.15, 0.2) is 38.9 Å². The van der Waals surface area contributed by atoms with E-state index in [1.165, 1.54) is 5.56 Å². The van der Waals surface area contributed by atoms with Crippen molar-refractivity contribution in [2.24, 2.45) is 5.73 Å². The zero-order valence-corrected chi connectivity index (χ0v) is 9.92. The SMILES string of the molecule is CC(N)C(Sc1ncco1)c1ccsc1. The fourth-order valence-corrected chi connectivity index (χ4v) is 3.02. The van der Waals surface area contributed by atoms with Gasteiger partial charge in [0.05, 0.1) is 11.4 Å². The van der Waals surface area contributed by atoms with Crippen LogP contribution in [0.3, 0.4) is 0 Å². The monoisotopic (exact) mass is 240 g/mol. The van der Waals surface area contributed by atoms with Crippen LogP contribution in [0.1, 0.15) is 17.7 Å². The maximum atomic E-state index is 5.96. The van der Waals surface area contributed by atoms with Gasteiger partial charge >= 0.3 is 0 Å². The van der Waals surface area contributed by atoms with Crippen molar-refractivity contribution in [3.8, 4) is 0 Å². The fraction of sp³-hybridized carbons (Fsp3) is 0.300. The second-order valence-corrected chi connectivity index (χ2v) is 5.13. The highest BCUT2D eigenvalue weighted by Crippen LogP contribution is 2.36. The van der Waals surface area contributed by atoms with Gasteiger partial charge in [0.2, 0.25) is 0 Å². The van der Waals surface area contributed by atoms with Gasteiger partial charge in [-0.25, -0.2) is 4.98 Å². The van der Waals surface area contributed by atoms with Gasteiger partial charge in [0.25, 0.3) is 5.22 Å². The molecule has 0 aliphatic rings. The lowest BCUT2D eigenvalue weighted by Crippen LogP contribution is -2.22. The van der Waals surface area contributed by atoms with Crippen LogP contribution in [0.2, 0.25) is 0 Å². The molecule has 2 heterocycles. The van der Waals surface area contributed by atoms with Gasteiger partial charge in [0, 0.05) is 6.04 Å². The molecule has 2 atom stereocenters. The van der Waals surface area contributed by atoms with E-state index in [0.717, 1.165) is 0 Å². The Labute approximate surface area is 96.7 Å². The number of hydrogen-bond donors (Lipinski definition) is 1. The number of nitrogens with zero attached hydrogens (tertiary/aromatic N) is 1. The second-order valence-electron chi connectivity index (χ2n) is 3.25. The summed E-state index contributed by atoms with van der Waals surface area (Å²) in [7, 11) is 0. The summed E-state index contributed by atoms with van der Waals surface area (Å²) < 4.78 is 5.21. The zero-order valence-electron chi connectivity index (χ0n) is 8.29. The topological polar surface area (TPSA) is 52.0 Å². The van der Waals surface area contributed by atoms with Crippen LogP contribution in [-0.2, 0) is 0 Å². The van der Waals surface area contributed by atoms with Gasteiger partial charge in [-0.2, -0.15) is 11.3 Å². The minimum Gasteiger partial charge on any atom is -0.440 e. The van der Waals surface area contributed by atoms with Crippen molar-refractivity contribution < 1.29 is 4.42 Å². The molecule has 0 radical (unpaired) electrons. The van der Waals surface area contributed by atoms with Crippen molar-refractivity contribution in [2.45, 2.75) is 23.4 Å². The number of thiophene rings is 1. The van der Waals surface area contributed by atoms with Crippen LogP contribution in [0.5, 0.6) is 0 Å². The van der Waals surface area contributed by atoms with E-state index in [9.17, 15) is 0 Å². The highest BCUT2D eigenvalue weighted by molar-refractivity contribution is 7.99. The Kier molecular flexibility index (Phi) is 3.45. The van der Waals surface area contributed by atoms with Gasteiger partial charge in [-0.3, -0.25) is 0 Å². The van der Waals surface area contributed by atoms with E-state index in [4.69, 9.17) is 10.2 Å². The third kappa shape index (κ3) is 2.62. The summed E-state index contributed by atoms with van der Waals surface area (Å²) in [4.78, 5) is 4.09. The Bertz CT molecular complexity index is 383. The maximum absolute atomic E-state index is 5.96. The first kappa shape index (κ1) is 10.7. The Morgan fingerprint density at radius 1 is 1.60 bits per heavy atom. The molecule has 0 aliphatic heterocycles. The van der Waals surface area contributed by atoms with Crippen LogP contribution in [-0.4, -0.2) is 11.0 Å². The van der Waals surface area contributed by atoms with E-state index in [1.807, 2.05) is 6.92 Å². The molecule has 2 N–H and O–H groups in total. The highest BCUT2D eigenvalue weighted by atomic mass is 32.2. The van der Waals surface area contributed by atoms with Gasteiger partial charge < -0.3 is 10.2 Å². The second kappa shape index (κ2) is 4.83. The summed E-state index contributed by atoms with van der Waals surface area (Å²) in [5.41, 5.74) is 7.19. The zero-order chi connectivity index (χ0) is 10.7. The summed E-state index contributed by atoms with van der Waals surface area (Å²) >= 11 is 3.24. The van der Waals surface area contributed by atoms with Crippen LogP contribution in [0, 0.1) is 0 Å². The molecule has 2 aromatic heterocycles. The minimum absolute atomic E-state index is 0.0662. The fourth-order valence-electron chi connectivity index (χ4n) is 1.29. The van der Waals surface area contributed by atoms with Gasteiger partial charge in [-0.1, -0.05) is 11.8 Å². The summed E-state index contributed by atoms with van der Waals surface area (Å²) in [6.07, 6.45) is 3.22.